The third kappa shape index (κ3) is 8.81. The first-order chi connectivity index (χ1) is 36.5. The highest BCUT2D eigenvalue weighted by Gasteiger charge is 2.56. The summed E-state index contributed by atoms with van der Waals surface area (Å²) in [5, 5.41) is 26.2. The first kappa shape index (κ1) is 49.8. The molecule has 0 spiro atoms. The van der Waals surface area contributed by atoms with Crippen LogP contribution in [0.25, 0.3) is 43.7 Å². The molecule has 2 atom stereocenters. The van der Waals surface area contributed by atoms with Gasteiger partial charge in [-0.3, -0.25) is 29.6 Å². The number of rotatable bonds is 11. The fourth-order valence-corrected chi connectivity index (χ4v) is 12.7. The predicted octanol–water partition coefficient (Wildman–Crippen LogP) is 8.37. The average molecular weight is 1040 g/mol. The normalized spacial score (nSPS) is 22.7. The van der Waals surface area contributed by atoms with E-state index in [4.69, 9.17) is 11.2 Å². The molecule has 76 heavy (non-hydrogen) atoms. The molecule has 5 fully saturated rings. The number of piperidine rings is 4. The number of aromatic hydroxyl groups is 1. The highest BCUT2D eigenvalue weighted by atomic mass is 19.4. The van der Waals surface area contributed by atoms with E-state index in [1.54, 1.807) is 4.90 Å². The smallest absolute Gasteiger partial charge is 0.418 e. The molecule has 4 aromatic carbocycles. The number of imide groups is 1. The number of aromatic nitrogens is 3. The molecule has 19 heteroatoms. The van der Waals surface area contributed by atoms with Gasteiger partial charge in [0.1, 0.15) is 34.6 Å². The lowest BCUT2D eigenvalue weighted by Gasteiger charge is -2.40. The first-order valence-corrected chi connectivity index (χ1v) is 26.1. The van der Waals surface area contributed by atoms with Crippen molar-refractivity contribution in [1.82, 2.24) is 30.1 Å². The molecule has 0 bridgehead atoms. The zero-order valence-corrected chi connectivity index (χ0v) is 41.6. The minimum atomic E-state index is -4.95. The number of likely N-dealkylation sites (tertiary alicyclic amines) is 2. The average Bonchev–Trinajstić information content (AvgIpc) is 4.11. The number of benzene rings is 4. The second-order valence-electron chi connectivity index (χ2n) is 21.9. The summed E-state index contributed by atoms with van der Waals surface area (Å²) in [7, 11) is 0. The van der Waals surface area contributed by atoms with Crippen molar-refractivity contribution in [2.45, 2.75) is 87.9 Å². The number of ether oxygens (including phenoxy) is 1. The molecule has 12 rings (SSSR count). The Morgan fingerprint density at radius 3 is 2.38 bits per heavy atom. The number of nitrogens with zero attached hydrogens (tertiary/aromatic N) is 7. The molecular weight excluding hydrogens is 988 g/mol. The number of phenols is 1. The van der Waals surface area contributed by atoms with Crippen LogP contribution in [0.1, 0.15) is 91.6 Å². The van der Waals surface area contributed by atoms with E-state index in [0.29, 0.717) is 22.8 Å². The fraction of sp³-hybridized carbons (Fsp3) is 0.439. The highest BCUT2D eigenvalue weighted by Crippen LogP contribution is 2.49. The van der Waals surface area contributed by atoms with Crippen LogP contribution in [0.15, 0.2) is 60.8 Å². The van der Waals surface area contributed by atoms with Crippen LogP contribution in [0.4, 0.5) is 33.5 Å². The number of anilines is 2. The number of amides is 3. The number of carbonyl (C=O) groups is 3. The highest BCUT2D eigenvalue weighted by molar-refractivity contribution is 6.27. The molecule has 3 N–H and O–H groups in total. The molecule has 2 aromatic heterocycles. The predicted molar refractivity (Wildman–Crippen MR) is 274 cm³/mol. The summed E-state index contributed by atoms with van der Waals surface area (Å²) in [6.45, 7) is 4.86. The molecular formula is C57H55F5N8O6. The molecule has 7 heterocycles. The Kier molecular flexibility index (Phi) is 12.4. The number of phenolic OH excluding ortho intramolecular Hbond substituents is 1. The van der Waals surface area contributed by atoms with Crippen LogP contribution >= 0.6 is 0 Å². The monoisotopic (exact) mass is 1040 g/mol. The molecule has 394 valence electrons. The molecule has 1 unspecified atom stereocenters. The zero-order valence-electron chi connectivity index (χ0n) is 41.6. The number of alkyl halides is 3. The van der Waals surface area contributed by atoms with Crippen molar-refractivity contribution >= 4 is 61.7 Å². The molecule has 0 radical (unpaired) electrons. The number of hydrogen-bond donors (Lipinski definition) is 3. The van der Waals surface area contributed by atoms with Crippen molar-refractivity contribution in [1.29, 1.82) is 0 Å². The fourth-order valence-electron chi connectivity index (χ4n) is 12.7. The molecule has 3 amide bonds. The van der Waals surface area contributed by atoms with E-state index >= 15 is 8.78 Å². The summed E-state index contributed by atoms with van der Waals surface area (Å²) in [5.74, 6) is 0.0717. The maximum Gasteiger partial charge on any atom is 0.418 e. The van der Waals surface area contributed by atoms with Crippen LogP contribution in [0.5, 0.6) is 11.8 Å². The topological polar surface area (TPSA) is 165 Å². The first-order valence-electron chi connectivity index (χ1n) is 26.1. The van der Waals surface area contributed by atoms with Gasteiger partial charge in [-0.2, -0.15) is 23.1 Å². The Morgan fingerprint density at radius 1 is 0.868 bits per heavy atom. The minimum Gasteiger partial charge on any atom is -0.508 e. The summed E-state index contributed by atoms with van der Waals surface area (Å²) in [6, 6.07) is 14.0. The number of fused-ring (bicyclic) bond motifs is 2. The van der Waals surface area contributed by atoms with Crippen molar-refractivity contribution in [3.05, 3.63) is 89.1 Å². The van der Waals surface area contributed by atoms with Crippen LogP contribution in [-0.2, 0) is 9.59 Å². The van der Waals surface area contributed by atoms with Crippen molar-refractivity contribution in [3.8, 4) is 35.4 Å². The van der Waals surface area contributed by atoms with Crippen LogP contribution in [0.3, 0.4) is 0 Å². The Balaban J connectivity index is 0.710. The molecule has 6 aliphatic rings. The lowest BCUT2D eigenvalue weighted by atomic mass is 9.85. The number of pyridine rings is 1. The van der Waals surface area contributed by atoms with Crippen molar-refractivity contribution in [3.63, 3.8) is 0 Å². The van der Waals surface area contributed by atoms with Gasteiger partial charge in [0.05, 0.1) is 29.8 Å². The number of hydrogen-bond acceptors (Lipinski definition) is 12. The molecule has 5 aliphatic heterocycles. The van der Waals surface area contributed by atoms with Crippen LogP contribution in [0.2, 0.25) is 0 Å². The third-order valence-electron chi connectivity index (χ3n) is 17.0. The van der Waals surface area contributed by atoms with E-state index < -0.39 is 48.3 Å². The Morgan fingerprint density at radius 2 is 1.64 bits per heavy atom. The SMILES string of the molecule is C#Cc1c(F)ccc2cc(O)cc(-c3ncc4c(N5CCC[C@](O)(C(F)(F)F)C5)nc(OCC5(CN6CCC(CN7CCC(c8ccc9c%10c(cccc8%10)N(C8CCC(=O)NC8=O)C9=O)CC7)CC6)CC5)nc4c3F)c12. The van der Waals surface area contributed by atoms with Gasteiger partial charge >= 0.3 is 12.2 Å². The lowest BCUT2D eigenvalue weighted by molar-refractivity contribution is -0.261. The van der Waals surface area contributed by atoms with E-state index in [1.807, 2.05) is 18.2 Å². The van der Waals surface area contributed by atoms with Gasteiger partial charge in [0.25, 0.3) is 5.91 Å². The van der Waals surface area contributed by atoms with E-state index in [2.05, 4.69) is 48.1 Å². The summed E-state index contributed by atoms with van der Waals surface area (Å²) in [5.41, 5.74) is -1.62. The zero-order chi connectivity index (χ0) is 52.8. The third-order valence-corrected chi connectivity index (χ3v) is 17.0. The number of carbonyl (C=O) groups excluding carboxylic acids is 3. The van der Waals surface area contributed by atoms with Gasteiger partial charge in [0.2, 0.25) is 11.8 Å². The number of halogens is 5. The standard InChI is InChI=1S/C57H55F5N8O6/c1-2-36-42(58)10-7-34-25-35(71)26-40(46(34)36)49-48(59)50-41(27-63-49)51(69-20-4-17-56(75,30-69)57(60,61)62)66-54(65-50)76-31-55(18-19-55)29-68-21-13-32(14-22-68)28-67-23-15-33(16-24-67)37-8-9-39-47-38(37)5-3-6-43(47)70(53(39)74)44-11-12-45(72)64-52(44)73/h1,3,5-10,25-27,32-33,44,71,75H,4,11-24,28-31H2,(H,64,72,73)/t44?,56-/m1/s1. The number of β-amino-alcohol motifs (C(OH)–C–C–N with tert-alkyl or cyclic N) is 1. The summed E-state index contributed by atoms with van der Waals surface area (Å²) >= 11 is 0. The van der Waals surface area contributed by atoms with Gasteiger partial charge in [0.15, 0.2) is 11.4 Å². The van der Waals surface area contributed by atoms with Gasteiger partial charge in [-0.05, 0) is 142 Å². The Labute approximate surface area is 434 Å². The Hall–Kier alpha value is -7.01. The number of aliphatic hydroxyl groups is 1. The van der Waals surface area contributed by atoms with Gasteiger partial charge in [-0.15, -0.1) is 6.42 Å². The van der Waals surface area contributed by atoms with E-state index in [9.17, 15) is 37.8 Å². The number of nitrogens with one attached hydrogen (secondary N) is 1. The van der Waals surface area contributed by atoms with Crippen LogP contribution < -0.4 is 19.9 Å². The number of terminal acetylenes is 1. The molecule has 4 saturated heterocycles. The maximum absolute atomic E-state index is 17.1. The summed E-state index contributed by atoms with van der Waals surface area (Å²) in [4.78, 5) is 59.7. The lowest BCUT2D eigenvalue weighted by Crippen LogP contribution is -2.57. The Bertz CT molecular complexity index is 3420. The second-order valence-corrected chi connectivity index (χ2v) is 21.9. The minimum absolute atomic E-state index is 0.0207. The molecule has 1 saturated carbocycles. The van der Waals surface area contributed by atoms with Crippen LogP contribution in [0, 0.1) is 35.3 Å². The van der Waals surface area contributed by atoms with E-state index in [1.165, 1.54) is 34.9 Å². The van der Waals surface area contributed by atoms with Crippen LogP contribution in [-0.4, -0.2) is 129 Å². The van der Waals surface area contributed by atoms with Crippen molar-refractivity contribution < 1.29 is 51.3 Å². The second kappa shape index (κ2) is 18.9. The van der Waals surface area contributed by atoms with Gasteiger partial charge in [0, 0.05) is 59.6 Å². The molecule has 1 aliphatic carbocycles. The van der Waals surface area contributed by atoms with Gasteiger partial charge in [-0.1, -0.05) is 30.2 Å². The molecule has 6 aromatic rings. The van der Waals surface area contributed by atoms with E-state index in [-0.39, 0.29) is 100 Å². The van der Waals surface area contributed by atoms with Gasteiger partial charge < -0.3 is 29.6 Å². The summed E-state index contributed by atoms with van der Waals surface area (Å²) in [6.07, 6.45) is 7.64. The van der Waals surface area contributed by atoms with Crippen molar-refractivity contribution in [2.24, 2.45) is 11.3 Å². The van der Waals surface area contributed by atoms with Crippen molar-refractivity contribution in [2.75, 3.05) is 68.8 Å². The van der Waals surface area contributed by atoms with E-state index in [0.717, 1.165) is 100 Å². The maximum atomic E-state index is 17.1. The quantitative estimate of drug-likeness (QED) is 0.0647. The summed E-state index contributed by atoms with van der Waals surface area (Å²) < 4.78 is 81.2. The van der Waals surface area contributed by atoms with Gasteiger partial charge in [-0.25, -0.2) is 8.78 Å². The molecule has 14 nitrogen and oxygen atoms in total. The largest absolute Gasteiger partial charge is 0.508 e.